The van der Waals surface area contributed by atoms with Crippen molar-refractivity contribution in [2.24, 2.45) is 0 Å². The van der Waals surface area contributed by atoms with Gasteiger partial charge in [-0.05, 0) is 51.2 Å². The molecule has 0 unspecified atom stereocenters. The van der Waals surface area contributed by atoms with Crippen LogP contribution in [0.4, 0.5) is 0 Å². The molecule has 2 heterocycles. The maximum absolute atomic E-state index is 13.1. The summed E-state index contributed by atoms with van der Waals surface area (Å²) >= 11 is 6.07. The highest BCUT2D eigenvalue weighted by Crippen LogP contribution is 2.26. The van der Waals surface area contributed by atoms with Gasteiger partial charge >= 0.3 is 0 Å². The third-order valence-corrected chi connectivity index (χ3v) is 6.07. The summed E-state index contributed by atoms with van der Waals surface area (Å²) in [5.41, 5.74) is 3.69. The number of benzene rings is 2. The topological polar surface area (TPSA) is 41.4 Å². The Labute approximate surface area is 182 Å². The molecule has 156 valence electrons. The SMILES string of the molecule is CN(C)C1CCN(C(=O)Cc2cn(-c3ccccc3)nc2-c2ccc(Cl)cc2)CC1. The smallest absolute Gasteiger partial charge is 0.227 e. The Morgan fingerprint density at radius 1 is 1.07 bits per heavy atom. The zero-order valence-electron chi connectivity index (χ0n) is 17.5. The Hall–Kier alpha value is -2.63. The molecular weight excluding hydrogens is 396 g/mol. The van der Waals surface area contributed by atoms with Crippen molar-refractivity contribution in [2.75, 3.05) is 27.2 Å². The van der Waals surface area contributed by atoms with Gasteiger partial charge in [0.05, 0.1) is 17.8 Å². The number of halogens is 1. The number of nitrogens with zero attached hydrogens (tertiary/aromatic N) is 4. The van der Waals surface area contributed by atoms with Crippen LogP contribution < -0.4 is 0 Å². The molecule has 0 radical (unpaired) electrons. The minimum absolute atomic E-state index is 0.162. The second kappa shape index (κ2) is 9.02. The van der Waals surface area contributed by atoms with Gasteiger partial charge in [-0.2, -0.15) is 5.10 Å². The van der Waals surface area contributed by atoms with E-state index in [2.05, 4.69) is 19.0 Å². The van der Waals surface area contributed by atoms with Crippen LogP contribution >= 0.6 is 11.6 Å². The summed E-state index contributed by atoms with van der Waals surface area (Å²) < 4.78 is 1.85. The summed E-state index contributed by atoms with van der Waals surface area (Å²) in [6.07, 6.45) is 4.36. The molecular formula is C24H27ClN4O. The van der Waals surface area contributed by atoms with Gasteiger partial charge in [0.15, 0.2) is 0 Å². The van der Waals surface area contributed by atoms with Gasteiger partial charge in [-0.25, -0.2) is 4.68 Å². The molecule has 6 heteroatoms. The fraction of sp³-hybridized carbons (Fsp3) is 0.333. The summed E-state index contributed by atoms with van der Waals surface area (Å²) in [4.78, 5) is 17.3. The quantitative estimate of drug-likeness (QED) is 0.616. The zero-order chi connectivity index (χ0) is 21.1. The summed E-state index contributed by atoms with van der Waals surface area (Å²) in [5.74, 6) is 0.162. The van der Waals surface area contributed by atoms with Crippen LogP contribution in [0.5, 0.6) is 0 Å². The van der Waals surface area contributed by atoms with E-state index in [1.54, 1.807) is 0 Å². The third-order valence-electron chi connectivity index (χ3n) is 5.82. The standard InChI is InChI=1S/C24H27ClN4O/c1-27(2)21-12-14-28(15-13-21)23(30)16-19-17-29(22-6-4-3-5-7-22)26-24(19)18-8-10-20(25)11-9-18/h3-11,17,21H,12-16H2,1-2H3. The van der Waals surface area contributed by atoms with Crippen molar-refractivity contribution in [1.82, 2.24) is 19.6 Å². The van der Waals surface area contributed by atoms with Gasteiger partial charge in [-0.3, -0.25) is 4.79 Å². The third kappa shape index (κ3) is 4.58. The molecule has 2 aromatic carbocycles. The summed E-state index contributed by atoms with van der Waals surface area (Å²) in [7, 11) is 4.22. The fourth-order valence-electron chi connectivity index (χ4n) is 4.01. The number of carbonyl (C=O) groups excluding carboxylic acids is 1. The van der Waals surface area contributed by atoms with E-state index in [0.717, 1.165) is 48.4 Å². The Morgan fingerprint density at radius 3 is 2.37 bits per heavy atom. The van der Waals surface area contributed by atoms with Crippen LogP contribution in [0.15, 0.2) is 60.8 Å². The molecule has 0 N–H and O–H groups in total. The van der Waals surface area contributed by atoms with Gasteiger partial charge in [0.2, 0.25) is 5.91 Å². The van der Waals surface area contributed by atoms with Crippen LogP contribution in [0, 0.1) is 0 Å². The number of hydrogen-bond donors (Lipinski definition) is 0. The van der Waals surface area contributed by atoms with Crippen LogP contribution in [0.25, 0.3) is 16.9 Å². The van der Waals surface area contributed by atoms with Gasteiger partial charge in [0.25, 0.3) is 0 Å². The second-order valence-electron chi connectivity index (χ2n) is 8.04. The lowest BCUT2D eigenvalue weighted by Gasteiger charge is -2.35. The molecule has 0 spiro atoms. The Bertz CT molecular complexity index is 990. The lowest BCUT2D eigenvalue weighted by atomic mass is 10.0. The van der Waals surface area contributed by atoms with Crippen LogP contribution in [0.2, 0.25) is 5.02 Å². The predicted molar refractivity (Wildman–Crippen MR) is 121 cm³/mol. The molecule has 1 aliphatic heterocycles. The van der Waals surface area contributed by atoms with Gasteiger partial charge in [0, 0.05) is 41.5 Å². The van der Waals surface area contributed by atoms with E-state index in [1.807, 2.05) is 70.4 Å². The second-order valence-corrected chi connectivity index (χ2v) is 8.48. The molecule has 3 aromatic rings. The van der Waals surface area contributed by atoms with Crippen LogP contribution in [-0.2, 0) is 11.2 Å². The highest BCUT2D eigenvalue weighted by atomic mass is 35.5. The largest absolute Gasteiger partial charge is 0.342 e. The predicted octanol–water partition coefficient (Wildman–Crippen LogP) is 4.29. The molecule has 5 nitrogen and oxygen atoms in total. The number of hydrogen-bond acceptors (Lipinski definition) is 3. The first-order valence-electron chi connectivity index (χ1n) is 10.4. The minimum atomic E-state index is 0.162. The molecule has 0 atom stereocenters. The van der Waals surface area contributed by atoms with Gasteiger partial charge < -0.3 is 9.80 Å². The van der Waals surface area contributed by atoms with Gasteiger partial charge in [-0.15, -0.1) is 0 Å². The maximum Gasteiger partial charge on any atom is 0.227 e. The average Bonchev–Trinajstić information content (AvgIpc) is 3.18. The van der Waals surface area contributed by atoms with E-state index < -0.39 is 0 Å². The number of aromatic nitrogens is 2. The van der Waals surface area contributed by atoms with E-state index in [4.69, 9.17) is 16.7 Å². The number of rotatable bonds is 5. The monoisotopic (exact) mass is 422 g/mol. The Balaban J connectivity index is 1.59. The Kier molecular flexibility index (Phi) is 6.21. The molecule has 0 saturated carbocycles. The number of carbonyl (C=O) groups is 1. The molecule has 4 rings (SSSR count). The molecule has 1 saturated heterocycles. The number of likely N-dealkylation sites (tertiary alicyclic amines) is 1. The lowest BCUT2D eigenvalue weighted by molar-refractivity contribution is -0.131. The first kappa shape index (κ1) is 20.6. The highest BCUT2D eigenvalue weighted by Gasteiger charge is 2.25. The number of piperidine rings is 1. The van der Waals surface area contributed by atoms with Crippen molar-refractivity contribution in [3.8, 4) is 16.9 Å². The maximum atomic E-state index is 13.1. The number of para-hydroxylation sites is 1. The minimum Gasteiger partial charge on any atom is -0.342 e. The Morgan fingerprint density at radius 2 is 1.73 bits per heavy atom. The van der Waals surface area contributed by atoms with E-state index in [9.17, 15) is 4.79 Å². The van der Waals surface area contributed by atoms with Gasteiger partial charge in [0.1, 0.15) is 0 Å². The normalized spacial score (nSPS) is 15.0. The molecule has 1 amide bonds. The van der Waals surface area contributed by atoms with E-state index in [-0.39, 0.29) is 5.91 Å². The van der Waals surface area contributed by atoms with Crippen LogP contribution in [0.3, 0.4) is 0 Å². The summed E-state index contributed by atoms with van der Waals surface area (Å²) in [6.45, 7) is 1.62. The van der Waals surface area contributed by atoms with Crippen molar-refractivity contribution in [3.05, 3.63) is 71.4 Å². The molecule has 30 heavy (non-hydrogen) atoms. The molecule has 1 fully saturated rings. The van der Waals surface area contributed by atoms with Gasteiger partial charge in [-0.1, -0.05) is 41.9 Å². The van der Waals surface area contributed by atoms with Crippen LogP contribution in [-0.4, -0.2) is 58.7 Å². The number of amides is 1. The molecule has 1 aromatic heterocycles. The van der Waals surface area contributed by atoms with Crippen molar-refractivity contribution in [1.29, 1.82) is 0 Å². The van der Waals surface area contributed by atoms with E-state index in [0.29, 0.717) is 17.5 Å². The highest BCUT2D eigenvalue weighted by molar-refractivity contribution is 6.30. The fourth-order valence-corrected chi connectivity index (χ4v) is 4.14. The lowest BCUT2D eigenvalue weighted by Crippen LogP contribution is -2.45. The molecule has 0 bridgehead atoms. The van der Waals surface area contributed by atoms with E-state index in [1.165, 1.54) is 0 Å². The first-order chi connectivity index (χ1) is 14.5. The molecule has 1 aliphatic rings. The summed E-state index contributed by atoms with van der Waals surface area (Å²) in [6, 6.07) is 18.2. The zero-order valence-corrected chi connectivity index (χ0v) is 18.2. The van der Waals surface area contributed by atoms with Crippen molar-refractivity contribution >= 4 is 17.5 Å². The first-order valence-corrected chi connectivity index (χ1v) is 10.7. The van der Waals surface area contributed by atoms with Crippen molar-refractivity contribution in [3.63, 3.8) is 0 Å². The van der Waals surface area contributed by atoms with E-state index >= 15 is 0 Å². The van der Waals surface area contributed by atoms with Crippen molar-refractivity contribution in [2.45, 2.75) is 25.3 Å². The van der Waals surface area contributed by atoms with Crippen LogP contribution in [0.1, 0.15) is 18.4 Å². The summed E-state index contributed by atoms with van der Waals surface area (Å²) in [5, 5.41) is 5.49. The average molecular weight is 423 g/mol. The molecule has 0 aliphatic carbocycles. The van der Waals surface area contributed by atoms with Crippen molar-refractivity contribution < 1.29 is 4.79 Å².